The van der Waals surface area contributed by atoms with Gasteiger partial charge in [-0.1, -0.05) is 12.1 Å². The quantitative estimate of drug-likeness (QED) is 0.517. The van der Waals surface area contributed by atoms with E-state index in [0.29, 0.717) is 28.3 Å². The fourth-order valence-corrected chi connectivity index (χ4v) is 3.73. The first-order chi connectivity index (χ1) is 15.1. The molecule has 154 valence electrons. The number of para-hydroxylation sites is 1. The predicted octanol–water partition coefficient (Wildman–Crippen LogP) is 3.41. The molecule has 0 aliphatic heterocycles. The number of carbonyl (C=O) groups excluding carboxylic acids is 1. The molecular weight excluding hydrogens is 394 g/mol. The molecule has 5 rings (SSSR count). The Kier molecular flexibility index (Phi) is 4.59. The van der Waals surface area contributed by atoms with Crippen molar-refractivity contribution in [3.8, 4) is 23.2 Å². The zero-order valence-corrected chi connectivity index (χ0v) is 16.8. The van der Waals surface area contributed by atoms with Gasteiger partial charge in [-0.05, 0) is 54.8 Å². The summed E-state index contributed by atoms with van der Waals surface area (Å²) in [5, 5.41) is 27.0. The Morgan fingerprint density at radius 1 is 1.29 bits per heavy atom. The number of hydrogen-bond acceptors (Lipinski definition) is 6. The Hall–Kier alpha value is -4.19. The van der Waals surface area contributed by atoms with Gasteiger partial charge in [0.2, 0.25) is 5.82 Å². The third-order valence-corrected chi connectivity index (χ3v) is 5.58. The molecule has 9 nitrogen and oxygen atoms in total. The number of aromatic nitrogens is 5. The van der Waals surface area contributed by atoms with Crippen LogP contribution in [0.25, 0.3) is 22.3 Å². The molecule has 1 fully saturated rings. The van der Waals surface area contributed by atoms with Crippen molar-refractivity contribution < 1.29 is 9.53 Å². The van der Waals surface area contributed by atoms with Gasteiger partial charge in [0, 0.05) is 18.0 Å². The zero-order chi connectivity index (χ0) is 21.4. The number of nitriles is 1. The molecule has 4 aromatic rings. The maximum atomic E-state index is 13.2. The largest absolute Gasteiger partial charge is 0.488 e. The van der Waals surface area contributed by atoms with Gasteiger partial charge in [-0.3, -0.25) is 4.79 Å². The maximum absolute atomic E-state index is 13.2. The second-order valence-corrected chi connectivity index (χ2v) is 7.52. The molecule has 1 amide bonds. The molecule has 0 saturated heterocycles. The Labute approximate surface area is 177 Å². The highest BCUT2D eigenvalue weighted by molar-refractivity contribution is 6.08. The van der Waals surface area contributed by atoms with Gasteiger partial charge in [-0.25, -0.2) is 0 Å². The lowest BCUT2D eigenvalue weighted by atomic mass is 9.96. The highest BCUT2D eigenvalue weighted by Gasteiger charge is 2.23. The molecule has 2 aromatic heterocycles. The van der Waals surface area contributed by atoms with Crippen molar-refractivity contribution in [2.75, 3.05) is 5.32 Å². The molecule has 0 spiro atoms. The van der Waals surface area contributed by atoms with Crippen LogP contribution >= 0.6 is 0 Å². The smallest absolute Gasteiger partial charge is 0.272 e. The van der Waals surface area contributed by atoms with Crippen molar-refractivity contribution in [2.24, 2.45) is 7.05 Å². The van der Waals surface area contributed by atoms with Crippen LogP contribution in [0.2, 0.25) is 0 Å². The van der Waals surface area contributed by atoms with E-state index in [-0.39, 0.29) is 12.0 Å². The molecule has 2 aromatic carbocycles. The molecule has 2 N–H and O–H groups in total. The number of ether oxygens (including phenoxy) is 1. The fraction of sp³-hybridized carbons (Fsp3) is 0.227. The van der Waals surface area contributed by atoms with Gasteiger partial charge in [0.25, 0.3) is 5.91 Å². The monoisotopic (exact) mass is 413 g/mol. The number of aromatic amines is 1. The average molecular weight is 413 g/mol. The molecule has 1 aliphatic carbocycles. The summed E-state index contributed by atoms with van der Waals surface area (Å²) in [7, 11) is 1.85. The van der Waals surface area contributed by atoms with Crippen molar-refractivity contribution in [2.45, 2.75) is 25.4 Å². The molecule has 1 aliphatic rings. The minimum atomic E-state index is -0.289. The van der Waals surface area contributed by atoms with Crippen LogP contribution in [-0.4, -0.2) is 37.2 Å². The van der Waals surface area contributed by atoms with Crippen LogP contribution in [0.1, 0.15) is 35.3 Å². The van der Waals surface area contributed by atoms with Gasteiger partial charge in [0.05, 0.1) is 28.9 Å². The van der Waals surface area contributed by atoms with E-state index in [9.17, 15) is 10.1 Å². The maximum Gasteiger partial charge on any atom is 0.272 e. The third-order valence-electron chi connectivity index (χ3n) is 5.58. The number of amides is 1. The molecular formula is C22H19N7O2. The molecule has 31 heavy (non-hydrogen) atoms. The van der Waals surface area contributed by atoms with Gasteiger partial charge >= 0.3 is 0 Å². The van der Waals surface area contributed by atoms with Crippen LogP contribution in [0.5, 0.6) is 5.75 Å². The van der Waals surface area contributed by atoms with E-state index in [1.165, 1.54) is 6.42 Å². The molecule has 2 heterocycles. The lowest BCUT2D eigenvalue weighted by Gasteiger charge is -2.26. The number of carbonyl (C=O) groups is 1. The van der Waals surface area contributed by atoms with E-state index < -0.39 is 0 Å². The molecule has 0 atom stereocenters. The SMILES string of the molecule is Cn1c(C(=O)Nc2ccc(C#N)cc2-c2nn[nH]n2)cc2cccc(OC3CCC3)c21. The summed E-state index contributed by atoms with van der Waals surface area (Å²) in [6, 6.07) is 14.7. The van der Waals surface area contributed by atoms with E-state index in [0.717, 1.165) is 29.5 Å². The van der Waals surface area contributed by atoms with E-state index in [4.69, 9.17) is 4.74 Å². The number of tetrazole rings is 1. The van der Waals surface area contributed by atoms with Gasteiger partial charge in [-0.2, -0.15) is 10.5 Å². The predicted molar refractivity (Wildman–Crippen MR) is 113 cm³/mol. The van der Waals surface area contributed by atoms with E-state index in [1.54, 1.807) is 18.2 Å². The number of nitrogens with zero attached hydrogens (tertiary/aromatic N) is 5. The standard InChI is InChI=1S/C22H19N7O2/c1-29-18(11-14-4-2-7-19(20(14)29)31-15-5-3-6-15)22(30)24-17-9-8-13(12-23)10-16(17)21-25-27-28-26-21/h2,4,7-11,15H,3,5-6H2,1H3,(H,24,30)(H,25,26,27,28). The molecule has 0 unspecified atom stereocenters. The van der Waals surface area contributed by atoms with Crippen LogP contribution < -0.4 is 10.1 Å². The summed E-state index contributed by atoms with van der Waals surface area (Å²) in [6.07, 6.45) is 3.56. The molecule has 1 saturated carbocycles. The minimum Gasteiger partial charge on any atom is -0.488 e. The Morgan fingerprint density at radius 2 is 2.16 bits per heavy atom. The van der Waals surface area contributed by atoms with E-state index in [1.807, 2.05) is 35.9 Å². The molecule has 9 heteroatoms. The fourth-order valence-electron chi connectivity index (χ4n) is 3.73. The number of anilines is 1. The lowest BCUT2D eigenvalue weighted by Crippen LogP contribution is -2.24. The summed E-state index contributed by atoms with van der Waals surface area (Å²) in [5.74, 6) is 0.790. The van der Waals surface area contributed by atoms with Crippen molar-refractivity contribution in [1.29, 1.82) is 5.26 Å². The second kappa shape index (κ2) is 7.57. The summed E-state index contributed by atoms with van der Waals surface area (Å²) >= 11 is 0. The van der Waals surface area contributed by atoms with Crippen LogP contribution in [-0.2, 0) is 7.05 Å². The highest BCUT2D eigenvalue weighted by Crippen LogP contribution is 2.33. The summed E-state index contributed by atoms with van der Waals surface area (Å²) < 4.78 is 7.98. The number of nitrogens with one attached hydrogen (secondary N) is 2. The van der Waals surface area contributed by atoms with Crippen molar-refractivity contribution in [3.63, 3.8) is 0 Å². The van der Waals surface area contributed by atoms with Crippen LogP contribution in [0.15, 0.2) is 42.5 Å². The topological polar surface area (TPSA) is 122 Å². The highest BCUT2D eigenvalue weighted by atomic mass is 16.5. The van der Waals surface area contributed by atoms with Crippen LogP contribution in [0.4, 0.5) is 5.69 Å². The zero-order valence-electron chi connectivity index (χ0n) is 16.8. The van der Waals surface area contributed by atoms with Crippen molar-refractivity contribution in [1.82, 2.24) is 25.2 Å². The third kappa shape index (κ3) is 3.38. The summed E-state index contributed by atoms with van der Waals surface area (Å²) in [4.78, 5) is 13.2. The summed E-state index contributed by atoms with van der Waals surface area (Å²) in [6.45, 7) is 0. The van der Waals surface area contributed by atoms with Crippen LogP contribution in [0, 0.1) is 11.3 Å². The number of H-pyrrole nitrogens is 1. The lowest BCUT2D eigenvalue weighted by molar-refractivity contribution is 0.101. The number of hydrogen-bond donors (Lipinski definition) is 2. The van der Waals surface area contributed by atoms with Crippen molar-refractivity contribution >= 4 is 22.5 Å². The Morgan fingerprint density at radius 3 is 2.87 bits per heavy atom. The number of fused-ring (bicyclic) bond motifs is 1. The van der Waals surface area contributed by atoms with Gasteiger partial charge in [-0.15, -0.1) is 10.2 Å². The van der Waals surface area contributed by atoms with Gasteiger partial charge in [0.1, 0.15) is 11.4 Å². The van der Waals surface area contributed by atoms with Gasteiger partial charge in [0.15, 0.2) is 0 Å². The normalized spacial score (nSPS) is 13.5. The first-order valence-electron chi connectivity index (χ1n) is 9.98. The first kappa shape index (κ1) is 18.8. The number of rotatable bonds is 5. The van der Waals surface area contributed by atoms with Crippen molar-refractivity contribution in [3.05, 3.63) is 53.7 Å². The average Bonchev–Trinajstić information content (AvgIpc) is 3.40. The van der Waals surface area contributed by atoms with Gasteiger partial charge < -0.3 is 14.6 Å². The Balaban J connectivity index is 1.50. The molecule has 0 radical (unpaired) electrons. The van der Waals surface area contributed by atoms with Crippen LogP contribution in [0.3, 0.4) is 0 Å². The number of benzene rings is 2. The number of aryl methyl sites for hydroxylation is 1. The second-order valence-electron chi connectivity index (χ2n) is 7.52. The molecule has 0 bridgehead atoms. The summed E-state index contributed by atoms with van der Waals surface area (Å²) in [5.41, 5.74) is 2.80. The van der Waals surface area contributed by atoms with E-state index in [2.05, 4.69) is 32.0 Å². The Bertz CT molecular complexity index is 1310. The van der Waals surface area contributed by atoms with E-state index >= 15 is 0 Å². The first-order valence-corrected chi connectivity index (χ1v) is 9.98. The minimum absolute atomic E-state index is 0.244.